The zero-order valence-electron chi connectivity index (χ0n) is 30.6. The number of halogens is 4. The molecule has 0 saturated heterocycles. The number of hydrogen-bond donors (Lipinski definition) is 6. The number of nitrogens with two attached hydrogens (primary N) is 2. The summed E-state index contributed by atoms with van der Waals surface area (Å²) in [5, 5.41) is 13.5. The second-order valence-electron chi connectivity index (χ2n) is 12.4. The molecule has 4 rings (SSSR count). The van der Waals surface area contributed by atoms with Crippen LogP contribution in [0.5, 0.6) is 0 Å². The third-order valence-electron chi connectivity index (χ3n) is 8.64. The van der Waals surface area contributed by atoms with Crippen molar-refractivity contribution in [1.82, 2.24) is 21.3 Å². The number of aliphatic imine (C=N–C) groups is 2. The third kappa shape index (κ3) is 21.4. The molecule has 0 aliphatic carbocycles. The maximum absolute atomic E-state index is 6.20. The van der Waals surface area contributed by atoms with Gasteiger partial charge in [-0.1, -0.05) is 148 Å². The third-order valence-corrected chi connectivity index (χ3v) is 8.64. The number of nitrogens with one attached hydrogen (secondary N) is 4. The molecule has 54 heavy (non-hydrogen) atoms. The molecule has 0 heterocycles. The number of rotatable bonds is 22. The molecule has 4 aromatic carbocycles. The van der Waals surface area contributed by atoms with Gasteiger partial charge in [-0.15, -0.1) is 67.9 Å². The van der Waals surface area contributed by atoms with Gasteiger partial charge in [0, 0.05) is 24.9 Å². The Kier molecular flexibility index (Phi) is 33.2. The summed E-state index contributed by atoms with van der Waals surface area (Å²) in [7, 11) is 0. The molecule has 0 bridgehead atoms. The maximum Gasteiger partial charge on any atom is 0.189 e. The van der Waals surface area contributed by atoms with Crippen LogP contribution in [0.3, 0.4) is 0 Å². The van der Waals surface area contributed by atoms with Crippen molar-refractivity contribution in [1.29, 1.82) is 0 Å². The van der Waals surface area contributed by atoms with Gasteiger partial charge in [-0.3, -0.25) is 10.3 Å². The van der Waals surface area contributed by atoms with Crippen LogP contribution in [0.15, 0.2) is 131 Å². The summed E-state index contributed by atoms with van der Waals surface area (Å²) >= 11 is 0. The van der Waals surface area contributed by atoms with Crippen LogP contribution in [0.4, 0.5) is 0 Å². The van der Waals surface area contributed by atoms with Gasteiger partial charge in [-0.25, -0.2) is 4.99 Å². The fraction of sp³-hybridized carbons (Fsp3) is 0.381. The minimum absolute atomic E-state index is 0. The maximum atomic E-state index is 6.20. The fourth-order valence-electron chi connectivity index (χ4n) is 5.89. The predicted molar refractivity (Wildman–Crippen MR) is 255 cm³/mol. The van der Waals surface area contributed by atoms with E-state index in [1.165, 1.54) is 47.9 Å². The molecule has 12 heteroatoms. The largest absolute Gasteiger partial charge is 0.370 e. The molecule has 0 unspecified atom stereocenters. The van der Waals surface area contributed by atoms with E-state index in [1.54, 1.807) is 0 Å². The number of hydrogen-bond acceptors (Lipinski definition) is 4. The van der Waals surface area contributed by atoms with Gasteiger partial charge >= 0.3 is 0 Å². The van der Waals surface area contributed by atoms with Gasteiger partial charge < -0.3 is 27.4 Å². The topological polar surface area (TPSA) is 125 Å². The molecule has 0 aliphatic heterocycles. The van der Waals surface area contributed by atoms with Crippen LogP contribution in [0, 0.1) is 0 Å². The van der Waals surface area contributed by atoms with E-state index in [-0.39, 0.29) is 87.2 Å². The van der Waals surface area contributed by atoms with Crippen molar-refractivity contribution in [2.75, 3.05) is 45.9 Å². The summed E-state index contributed by atoms with van der Waals surface area (Å²) in [5.41, 5.74) is 17.4. The van der Waals surface area contributed by atoms with Gasteiger partial charge in [0.1, 0.15) is 0 Å². The first-order valence-corrected chi connectivity index (χ1v) is 17.9. The van der Waals surface area contributed by atoms with Gasteiger partial charge in [0.25, 0.3) is 0 Å². The standard InChI is InChI=1S/C41H56N8.CH4.4BrH/c42-40(47-31-38(34-19-8-4-9-20-34)35-21-10-5-11-22-35)46-30-18-29-44-27-16-2-1-3-17-28-45-33-49-41(43)48-32-39(36-23-12-6-13-24-36)37-25-14-7-15-26-37;;;;;/h4-15,19-26,38-39,44-45H,1-3,16-18,27-33H2,(H3,42,46,47)(H3,43,48,49);1H4;4*1H. The van der Waals surface area contributed by atoms with E-state index < -0.39 is 0 Å². The van der Waals surface area contributed by atoms with Crippen LogP contribution in [0.2, 0.25) is 0 Å². The lowest BCUT2D eigenvalue weighted by Crippen LogP contribution is -2.36. The molecule has 4 aromatic rings. The highest BCUT2D eigenvalue weighted by atomic mass is 79.9. The molecule has 0 amide bonds. The Balaban J connectivity index is 0. The summed E-state index contributed by atoms with van der Waals surface area (Å²) in [5.74, 6) is 1.38. The molecule has 0 radical (unpaired) electrons. The van der Waals surface area contributed by atoms with Gasteiger partial charge in [0.15, 0.2) is 11.9 Å². The minimum atomic E-state index is 0. The molecule has 0 atom stereocenters. The Morgan fingerprint density at radius 3 is 1.31 bits per heavy atom. The molecule has 8 N–H and O–H groups in total. The summed E-state index contributed by atoms with van der Waals surface area (Å²) in [6, 6.07) is 42.1. The zero-order valence-corrected chi connectivity index (χ0v) is 37.4. The molecular weight excluding hydrogens is 936 g/mol. The van der Waals surface area contributed by atoms with Crippen LogP contribution in [0.1, 0.15) is 80.0 Å². The fourth-order valence-corrected chi connectivity index (χ4v) is 5.89. The second-order valence-corrected chi connectivity index (χ2v) is 12.4. The lowest BCUT2D eigenvalue weighted by Gasteiger charge is -2.19. The summed E-state index contributed by atoms with van der Waals surface area (Å²) in [4.78, 5) is 9.13. The second kappa shape index (κ2) is 33.6. The lowest BCUT2D eigenvalue weighted by molar-refractivity contribution is 0.553. The van der Waals surface area contributed by atoms with Gasteiger partial charge in [-0.2, -0.15) is 0 Å². The Morgan fingerprint density at radius 1 is 0.444 bits per heavy atom. The van der Waals surface area contributed by atoms with E-state index in [0.29, 0.717) is 31.7 Å². The molecule has 8 nitrogen and oxygen atoms in total. The first-order valence-electron chi connectivity index (χ1n) is 17.9. The van der Waals surface area contributed by atoms with Crippen LogP contribution >= 0.6 is 67.9 Å². The molecule has 0 spiro atoms. The van der Waals surface area contributed by atoms with Crippen molar-refractivity contribution < 1.29 is 0 Å². The number of unbranched alkanes of at least 4 members (excludes halogenated alkanes) is 4. The Labute approximate surface area is 367 Å². The van der Waals surface area contributed by atoms with Crippen LogP contribution in [-0.4, -0.2) is 57.9 Å². The van der Waals surface area contributed by atoms with E-state index in [1.807, 2.05) is 24.3 Å². The first kappa shape index (κ1) is 53.4. The van der Waals surface area contributed by atoms with E-state index in [9.17, 15) is 0 Å². The Hall–Kier alpha value is -2.74. The van der Waals surface area contributed by atoms with E-state index >= 15 is 0 Å². The van der Waals surface area contributed by atoms with E-state index in [2.05, 4.69) is 128 Å². The van der Waals surface area contributed by atoms with Crippen molar-refractivity contribution >= 4 is 79.8 Å². The van der Waals surface area contributed by atoms with Crippen LogP contribution < -0.4 is 32.7 Å². The summed E-state index contributed by atoms with van der Waals surface area (Å²) < 4.78 is 0. The normalized spacial score (nSPS) is 10.9. The van der Waals surface area contributed by atoms with Crippen LogP contribution in [0.25, 0.3) is 0 Å². The average Bonchev–Trinajstić information content (AvgIpc) is 3.15. The SMILES string of the molecule is Br.Br.Br.Br.C.NC(=NCC(c1ccccc1)c1ccccc1)NCCCNCCCCCCCNCN=C(N)NCC(c1ccccc1)c1ccccc1. The molecule has 0 aliphatic rings. The highest BCUT2D eigenvalue weighted by Gasteiger charge is 2.14. The molecule has 0 saturated carbocycles. The van der Waals surface area contributed by atoms with Crippen molar-refractivity contribution in [3.05, 3.63) is 144 Å². The molecular formula is C42H64Br4N8. The lowest BCUT2D eigenvalue weighted by atomic mass is 9.91. The first-order chi connectivity index (χ1) is 24.2. The number of nitrogens with zero attached hydrogens (tertiary/aromatic N) is 2. The van der Waals surface area contributed by atoms with Gasteiger partial charge in [0.2, 0.25) is 0 Å². The van der Waals surface area contributed by atoms with E-state index in [0.717, 1.165) is 39.0 Å². The molecule has 0 aromatic heterocycles. The zero-order chi connectivity index (χ0) is 34.2. The Bertz CT molecular complexity index is 1400. The van der Waals surface area contributed by atoms with E-state index in [4.69, 9.17) is 11.5 Å². The average molecular weight is 1000 g/mol. The molecule has 300 valence electrons. The van der Waals surface area contributed by atoms with Crippen molar-refractivity contribution in [3.63, 3.8) is 0 Å². The highest BCUT2D eigenvalue weighted by Crippen LogP contribution is 2.25. The predicted octanol–water partition coefficient (Wildman–Crippen LogP) is 8.88. The number of benzene rings is 4. The smallest absolute Gasteiger partial charge is 0.189 e. The number of guanidine groups is 2. The highest BCUT2D eigenvalue weighted by molar-refractivity contribution is 8.93. The molecule has 0 fully saturated rings. The van der Waals surface area contributed by atoms with Gasteiger partial charge in [0.05, 0.1) is 13.2 Å². The summed E-state index contributed by atoms with van der Waals surface area (Å²) in [6.07, 6.45) is 7.06. The van der Waals surface area contributed by atoms with Crippen molar-refractivity contribution in [3.8, 4) is 0 Å². The van der Waals surface area contributed by atoms with Crippen molar-refractivity contribution in [2.24, 2.45) is 21.5 Å². The minimum Gasteiger partial charge on any atom is -0.370 e. The quantitative estimate of drug-likeness (QED) is 0.0266. The van der Waals surface area contributed by atoms with Crippen molar-refractivity contribution in [2.45, 2.75) is 57.8 Å². The van der Waals surface area contributed by atoms with Gasteiger partial charge in [-0.05, 0) is 61.2 Å². The summed E-state index contributed by atoms with van der Waals surface area (Å²) in [6.45, 7) is 5.62. The van der Waals surface area contributed by atoms with Crippen LogP contribution in [-0.2, 0) is 0 Å². The Morgan fingerprint density at radius 2 is 0.833 bits per heavy atom. The monoisotopic (exact) mass is 996 g/mol.